The number of hydrogen-bond donors (Lipinski definition) is 1. The van der Waals surface area contributed by atoms with Crippen molar-refractivity contribution in [2.24, 2.45) is 11.7 Å². The molecular weight excluding hydrogens is 264 g/mol. The van der Waals surface area contributed by atoms with E-state index in [0.29, 0.717) is 5.92 Å². The summed E-state index contributed by atoms with van der Waals surface area (Å²) in [6, 6.07) is 7.87. The van der Waals surface area contributed by atoms with E-state index in [-0.39, 0.29) is 18.2 Å². The summed E-state index contributed by atoms with van der Waals surface area (Å²) in [5.41, 5.74) is 7.67. The normalized spacial score (nSPS) is 22.1. The van der Waals surface area contributed by atoms with E-state index in [1.54, 1.807) is 4.90 Å². The van der Waals surface area contributed by atoms with Crippen molar-refractivity contribution in [3.05, 3.63) is 29.8 Å². The van der Waals surface area contributed by atoms with Gasteiger partial charge in [-0.1, -0.05) is 32.0 Å². The Morgan fingerprint density at radius 3 is 2.52 bits per heavy atom. The second-order valence-corrected chi connectivity index (χ2v) is 7.06. The highest BCUT2D eigenvalue weighted by Crippen LogP contribution is 2.38. The average Bonchev–Trinajstić information content (AvgIpc) is 2.36. The molecule has 1 aliphatic rings. The minimum atomic E-state index is -0.507. The fourth-order valence-electron chi connectivity index (χ4n) is 2.81. The number of nitrogens with two attached hydrogens (primary N) is 1. The van der Waals surface area contributed by atoms with Gasteiger partial charge >= 0.3 is 6.09 Å². The summed E-state index contributed by atoms with van der Waals surface area (Å²) >= 11 is 0. The van der Waals surface area contributed by atoms with Crippen LogP contribution >= 0.6 is 0 Å². The maximum absolute atomic E-state index is 12.7. The molecule has 0 spiro atoms. The van der Waals surface area contributed by atoms with Gasteiger partial charge in [0.05, 0.1) is 5.69 Å². The van der Waals surface area contributed by atoms with E-state index in [2.05, 4.69) is 13.8 Å². The first-order valence-corrected chi connectivity index (χ1v) is 7.57. The first-order valence-electron chi connectivity index (χ1n) is 7.57. The highest BCUT2D eigenvalue weighted by molar-refractivity contribution is 5.90. The van der Waals surface area contributed by atoms with Gasteiger partial charge in [0.15, 0.2) is 0 Å². The summed E-state index contributed by atoms with van der Waals surface area (Å²) in [5.74, 6) is 0.317. The van der Waals surface area contributed by atoms with Crippen LogP contribution in [0.3, 0.4) is 0 Å². The van der Waals surface area contributed by atoms with Gasteiger partial charge in [0.2, 0.25) is 0 Å². The molecule has 1 aromatic rings. The van der Waals surface area contributed by atoms with E-state index in [1.807, 2.05) is 45.0 Å². The fraction of sp³-hybridized carbons (Fsp3) is 0.588. The monoisotopic (exact) mass is 290 g/mol. The lowest BCUT2D eigenvalue weighted by molar-refractivity contribution is 0.0548. The van der Waals surface area contributed by atoms with Crippen molar-refractivity contribution in [3.63, 3.8) is 0 Å². The van der Waals surface area contributed by atoms with Crippen LogP contribution in [0, 0.1) is 5.92 Å². The van der Waals surface area contributed by atoms with E-state index in [0.717, 1.165) is 17.7 Å². The molecule has 2 atom stereocenters. The van der Waals surface area contributed by atoms with Crippen LogP contribution in [0.15, 0.2) is 24.3 Å². The molecule has 0 fully saturated rings. The van der Waals surface area contributed by atoms with Crippen LogP contribution in [0.4, 0.5) is 10.5 Å². The molecule has 21 heavy (non-hydrogen) atoms. The average molecular weight is 290 g/mol. The van der Waals surface area contributed by atoms with E-state index >= 15 is 0 Å². The third-order valence-electron chi connectivity index (χ3n) is 3.78. The van der Waals surface area contributed by atoms with Gasteiger partial charge < -0.3 is 10.5 Å². The number of amides is 1. The molecule has 116 valence electrons. The highest BCUT2D eigenvalue weighted by atomic mass is 16.6. The van der Waals surface area contributed by atoms with E-state index in [9.17, 15) is 4.79 Å². The molecule has 0 saturated carbocycles. The molecule has 4 nitrogen and oxygen atoms in total. The molecule has 1 amide bonds. The van der Waals surface area contributed by atoms with Gasteiger partial charge in [-0.3, -0.25) is 4.90 Å². The van der Waals surface area contributed by atoms with Crippen LogP contribution in [0.5, 0.6) is 0 Å². The minimum absolute atomic E-state index is 0.0349. The van der Waals surface area contributed by atoms with Crippen molar-refractivity contribution >= 4 is 11.8 Å². The Kier molecular flexibility index (Phi) is 4.28. The SMILES string of the molecule is CC(C)[C@H]1C[C@@H](N)c2ccccc2N1C(=O)OC(C)(C)C. The van der Waals surface area contributed by atoms with Crippen molar-refractivity contribution in [1.29, 1.82) is 0 Å². The van der Waals surface area contributed by atoms with Gasteiger partial charge in [0.25, 0.3) is 0 Å². The number of rotatable bonds is 1. The Hall–Kier alpha value is -1.55. The van der Waals surface area contributed by atoms with Crippen LogP contribution in [-0.2, 0) is 4.74 Å². The summed E-state index contributed by atoms with van der Waals surface area (Å²) in [6.07, 6.45) is 0.467. The van der Waals surface area contributed by atoms with Crippen LogP contribution in [-0.4, -0.2) is 17.7 Å². The molecule has 0 aliphatic carbocycles. The van der Waals surface area contributed by atoms with E-state index in [4.69, 9.17) is 10.5 Å². The zero-order valence-corrected chi connectivity index (χ0v) is 13.6. The Bertz CT molecular complexity index is 520. The number of carbonyl (C=O) groups is 1. The van der Waals surface area contributed by atoms with Crippen molar-refractivity contribution in [2.75, 3.05) is 4.90 Å². The van der Waals surface area contributed by atoms with Gasteiger partial charge in [-0.05, 0) is 44.7 Å². The number of para-hydroxylation sites is 1. The molecule has 0 unspecified atom stereocenters. The summed E-state index contributed by atoms with van der Waals surface area (Å²) in [4.78, 5) is 14.4. The number of anilines is 1. The molecule has 0 radical (unpaired) electrons. The molecule has 1 aliphatic heterocycles. The molecule has 0 aromatic heterocycles. The molecule has 0 bridgehead atoms. The predicted octanol–water partition coefficient (Wildman–Crippen LogP) is 3.86. The highest BCUT2D eigenvalue weighted by Gasteiger charge is 2.38. The van der Waals surface area contributed by atoms with Crippen molar-refractivity contribution in [1.82, 2.24) is 0 Å². The molecule has 1 aromatic carbocycles. The number of benzene rings is 1. The standard InChI is InChI=1S/C17H26N2O2/c1-11(2)15-10-13(18)12-8-6-7-9-14(12)19(15)16(20)21-17(3,4)5/h6-9,11,13,15H,10,18H2,1-5H3/t13-,15-/m1/s1. The van der Waals surface area contributed by atoms with Crippen LogP contribution in [0.25, 0.3) is 0 Å². The Morgan fingerprint density at radius 2 is 1.95 bits per heavy atom. The summed E-state index contributed by atoms with van der Waals surface area (Å²) in [5, 5.41) is 0. The van der Waals surface area contributed by atoms with E-state index < -0.39 is 5.60 Å². The number of hydrogen-bond acceptors (Lipinski definition) is 3. The van der Waals surface area contributed by atoms with Crippen molar-refractivity contribution in [3.8, 4) is 0 Å². The fourth-order valence-corrected chi connectivity index (χ4v) is 2.81. The smallest absolute Gasteiger partial charge is 0.415 e. The van der Waals surface area contributed by atoms with Gasteiger partial charge in [-0.25, -0.2) is 4.79 Å². The number of carbonyl (C=O) groups excluding carboxylic acids is 1. The summed E-state index contributed by atoms with van der Waals surface area (Å²) < 4.78 is 5.60. The van der Waals surface area contributed by atoms with Gasteiger partial charge in [0, 0.05) is 12.1 Å². The lowest BCUT2D eigenvalue weighted by atomic mass is 9.86. The second-order valence-electron chi connectivity index (χ2n) is 7.06. The Labute approximate surface area is 127 Å². The lowest BCUT2D eigenvalue weighted by Crippen LogP contribution is -2.50. The van der Waals surface area contributed by atoms with Crippen LogP contribution < -0.4 is 10.6 Å². The van der Waals surface area contributed by atoms with Crippen LogP contribution in [0.2, 0.25) is 0 Å². The zero-order chi connectivity index (χ0) is 15.8. The molecule has 4 heteroatoms. The van der Waals surface area contributed by atoms with Crippen molar-refractivity contribution < 1.29 is 9.53 Å². The number of nitrogens with zero attached hydrogens (tertiary/aromatic N) is 1. The minimum Gasteiger partial charge on any atom is -0.443 e. The van der Waals surface area contributed by atoms with Gasteiger partial charge in [0.1, 0.15) is 5.60 Å². The van der Waals surface area contributed by atoms with Gasteiger partial charge in [-0.15, -0.1) is 0 Å². The molecule has 0 saturated heterocycles. The second kappa shape index (κ2) is 5.68. The maximum Gasteiger partial charge on any atom is 0.415 e. The quantitative estimate of drug-likeness (QED) is 0.854. The maximum atomic E-state index is 12.7. The largest absolute Gasteiger partial charge is 0.443 e. The van der Waals surface area contributed by atoms with Gasteiger partial charge in [-0.2, -0.15) is 0 Å². The topological polar surface area (TPSA) is 55.6 Å². The first-order chi connectivity index (χ1) is 9.70. The Balaban J connectivity index is 2.42. The molecular formula is C17H26N2O2. The lowest BCUT2D eigenvalue weighted by Gasteiger charge is -2.42. The summed E-state index contributed by atoms with van der Waals surface area (Å²) in [7, 11) is 0. The summed E-state index contributed by atoms with van der Waals surface area (Å²) in [6.45, 7) is 9.88. The molecule has 2 rings (SSSR count). The third kappa shape index (κ3) is 3.38. The van der Waals surface area contributed by atoms with Crippen LogP contribution in [0.1, 0.15) is 52.6 Å². The van der Waals surface area contributed by atoms with E-state index in [1.165, 1.54) is 0 Å². The third-order valence-corrected chi connectivity index (χ3v) is 3.78. The molecule has 2 N–H and O–H groups in total. The number of ether oxygens (including phenoxy) is 1. The predicted molar refractivity (Wildman–Crippen MR) is 85.3 cm³/mol. The first kappa shape index (κ1) is 15.8. The Morgan fingerprint density at radius 1 is 1.33 bits per heavy atom. The zero-order valence-electron chi connectivity index (χ0n) is 13.6. The van der Waals surface area contributed by atoms with Crippen molar-refractivity contribution in [2.45, 2.75) is 58.7 Å². The molecule has 1 heterocycles. The number of fused-ring (bicyclic) bond motifs is 1.